The fraction of sp³-hybridized carbons (Fsp3) is 0.318. The topological polar surface area (TPSA) is 81.3 Å². The summed E-state index contributed by atoms with van der Waals surface area (Å²) in [6, 6.07) is 5.44. The predicted molar refractivity (Wildman–Crippen MR) is 115 cm³/mol. The second-order valence-corrected chi connectivity index (χ2v) is 8.36. The third-order valence-electron chi connectivity index (χ3n) is 5.31. The number of ether oxygens (including phenoxy) is 1. The summed E-state index contributed by atoms with van der Waals surface area (Å²) in [5.41, 5.74) is 7.74. The number of piperidine rings is 1. The van der Waals surface area contributed by atoms with E-state index in [-0.39, 0.29) is 40.6 Å². The number of rotatable bonds is 6. The highest BCUT2D eigenvalue weighted by Gasteiger charge is 2.27. The molecule has 0 spiro atoms. The van der Waals surface area contributed by atoms with Crippen LogP contribution in [0, 0.1) is 11.6 Å². The van der Waals surface area contributed by atoms with Gasteiger partial charge in [-0.15, -0.1) is 11.3 Å². The fourth-order valence-electron chi connectivity index (χ4n) is 3.80. The van der Waals surface area contributed by atoms with Crippen molar-refractivity contribution in [2.75, 3.05) is 25.1 Å². The van der Waals surface area contributed by atoms with Gasteiger partial charge in [-0.1, -0.05) is 6.07 Å². The van der Waals surface area contributed by atoms with Crippen molar-refractivity contribution in [3.8, 4) is 10.6 Å². The second kappa shape index (κ2) is 9.17. The molecule has 0 unspecified atom stereocenters. The first kappa shape index (κ1) is 21.5. The molecule has 0 amide bonds. The van der Waals surface area contributed by atoms with E-state index in [2.05, 4.69) is 14.9 Å². The number of pyridine rings is 1. The SMILES string of the molecule is CO[C@@H]1C[C@H](N)CN(c2ccncc2CC(=O)c2csc(-c3c(F)cccc3F)n2)C1. The van der Waals surface area contributed by atoms with Gasteiger partial charge in [0.05, 0.1) is 11.7 Å². The molecule has 0 saturated carbocycles. The van der Waals surface area contributed by atoms with E-state index in [1.807, 2.05) is 6.07 Å². The molecule has 0 radical (unpaired) electrons. The van der Waals surface area contributed by atoms with Gasteiger partial charge in [0.25, 0.3) is 0 Å². The van der Waals surface area contributed by atoms with E-state index < -0.39 is 11.6 Å². The number of carbonyl (C=O) groups excluding carboxylic acids is 1. The van der Waals surface area contributed by atoms with E-state index in [0.717, 1.165) is 29.0 Å². The van der Waals surface area contributed by atoms with Crippen molar-refractivity contribution >= 4 is 22.8 Å². The summed E-state index contributed by atoms with van der Waals surface area (Å²) in [7, 11) is 1.66. The van der Waals surface area contributed by atoms with Crippen LogP contribution in [0.1, 0.15) is 22.5 Å². The van der Waals surface area contributed by atoms with Crippen LogP contribution in [0.3, 0.4) is 0 Å². The number of nitrogens with two attached hydrogens (primary N) is 1. The number of nitrogens with zero attached hydrogens (tertiary/aromatic N) is 3. The van der Waals surface area contributed by atoms with Crippen molar-refractivity contribution in [1.29, 1.82) is 0 Å². The minimum Gasteiger partial charge on any atom is -0.380 e. The van der Waals surface area contributed by atoms with Crippen LogP contribution in [-0.2, 0) is 11.2 Å². The highest BCUT2D eigenvalue weighted by atomic mass is 32.1. The first-order valence-corrected chi connectivity index (χ1v) is 10.7. The molecule has 2 atom stereocenters. The van der Waals surface area contributed by atoms with Crippen LogP contribution < -0.4 is 10.6 Å². The number of benzene rings is 1. The Bertz CT molecular complexity index is 1070. The van der Waals surface area contributed by atoms with Gasteiger partial charge in [0.1, 0.15) is 22.3 Å². The lowest BCUT2D eigenvalue weighted by molar-refractivity contribution is 0.0835. The van der Waals surface area contributed by atoms with Gasteiger partial charge in [0.2, 0.25) is 0 Å². The van der Waals surface area contributed by atoms with Gasteiger partial charge in [0, 0.05) is 61.7 Å². The van der Waals surface area contributed by atoms with Gasteiger partial charge < -0.3 is 15.4 Å². The first-order valence-electron chi connectivity index (χ1n) is 9.85. The zero-order valence-corrected chi connectivity index (χ0v) is 17.7. The third kappa shape index (κ3) is 4.63. The molecule has 3 aromatic rings. The number of aromatic nitrogens is 2. The van der Waals surface area contributed by atoms with Crippen molar-refractivity contribution in [2.45, 2.75) is 25.0 Å². The van der Waals surface area contributed by atoms with Crippen molar-refractivity contribution in [3.63, 3.8) is 0 Å². The molecule has 9 heteroatoms. The molecule has 1 saturated heterocycles. The Morgan fingerprint density at radius 1 is 1.29 bits per heavy atom. The molecule has 1 aliphatic rings. The molecular weight excluding hydrogens is 422 g/mol. The molecule has 31 heavy (non-hydrogen) atoms. The van der Waals surface area contributed by atoms with Crippen LogP contribution in [0.2, 0.25) is 0 Å². The Morgan fingerprint density at radius 3 is 2.81 bits per heavy atom. The Hall–Kier alpha value is -2.75. The Morgan fingerprint density at radius 2 is 2.06 bits per heavy atom. The van der Waals surface area contributed by atoms with Crippen molar-refractivity contribution in [2.24, 2.45) is 5.73 Å². The van der Waals surface area contributed by atoms with Crippen molar-refractivity contribution < 1.29 is 18.3 Å². The molecule has 4 rings (SSSR count). The number of hydrogen-bond acceptors (Lipinski definition) is 7. The minimum atomic E-state index is -0.711. The fourth-order valence-corrected chi connectivity index (χ4v) is 4.68. The molecule has 3 heterocycles. The number of halogens is 2. The number of carbonyl (C=O) groups is 1. The van der Waals surface area contributed by atoms with E-state index >= 15 is 0 Å². The number of anilines is 1. The van der Waals surface area contributed by atoms with Crippen LogP contribution in [0.4, 0.5) is 14.5 Å². The van der Waals surface area contributed by atoms with Crippen LogP contribution in [0.25, 0.3) is 10.6 Å². The summed E-state index contributed by atoms with van der Waals surface area (Å²) in [5, 5.41) is 1.66. The lowest BCUT2D eigenvalue weighted by Gasteiger charge is -2.37. The highest BCUT2D eigenvalue weighted by molar-refractivity contribution is 7.13. The number of thiazole rings is 1. The lowest BCUT2D eigenvalue weighted by Crippen LogP contribution is -2.50. The highest BCUT2D eigenvalue weighted by Crippen LogP contribution is 2.30. The molecule has 2 aromatic heterocycles. The van der Waals surface area contributed by atoms with Gasteiger partial charge in [0.15, 0.2) is 5.78 Å². The molecule has 1 aliphatic heterocycles. The number of hydrogen-bond donors (Lipinski definition) is 1. The summed E-state index contributed by atoms with van der Waals surface area (Å²) < 4.78 is 33.6. The summed E-state index contributed by atoms with van der Waals surface area (Å²) in [6.07, 6.45) is 4.18. The van der Waals surface area contributed by atoms with E-state index in [0.29, 0.717) is 13.1 Å². The predicted octanol–water partition coefficient (Wildman–Crippen LogP) is 3.46. The summed E-state index contributed by atoms with van der Waals surface area (Å²) in [4.78, 5) is 23.4. The minimum absolute atomic E-state index is 0.0113. The van der Waals surface area contributed by atoms with E-state index in [9.17, 15) is 13.6 Å². The second-order valence-electron chi connectivity index (χ2n) is 7.50. The lowest BCUT2D eigenvalue weighted by atomic mass is 10.0. The number of Topliss-reactive ketones (excluding diaryl/α,β-unsaturated/α-hetero) is 1. The van der Waals surface area contributed by atoms with Gasteiger partial charge in [-0.2, -0.15) is 0 Å². The maximum atomic E-state index is 14.1. The van der Waals surface area contributed by atoms with Crippen LogP contribution in [0.15, 0.2) is 42.0 Å². The normalized spacial score (nSPS) is 18.9. The van der Waals surface area contributed by atoms with Crippen molar-refractivity contribution in [3.05, 3.63) is 64.9 Å². The third-order valence-corrected chi connectivity index (χ3v) is 6.17. The zero-order chi connectivity index (χ0) is 22.0. The van der Waals surface area contributed by atoms with Crippen LogP contribution in [-0.4, -0.2) is 48.1 Å². The number of methoxy groups -OCH3 is 1. The van der Waals surface area contributed by atoms with E-state index in [4.69, 9.17) is 10.5 Å². The van der Waals surface area contributed by atoms with Crippen LogP contribution in [0.5, 0.6) is 0 Å². The monoisotopic (exact) mass is 444 g/mol. The average molecular weight is 445 g/mol. The van der Waals surface area contributed by atoms with Gasteiger partial charge in [-0.3, -0.25) is 9.78 Å². The maximum Gasteiger partial charge on any atom is 0.186 e. The molecule has 162 valence electrons. The summed E-state index contributed by atoms with van der Waals surface area (Å²) >= 11 is 1.03. The van der Waals surface area contributed by atoms with Gasteiger partial charge in [-0.05, 0) is 24.6 Å². The smallest absolute Gasteiger partial charge is 0.186 e. The molecule has 0 bridgehead atoms. The zero-order valence-electron chi connectivity index (χ0n) is 16.9. The summed E-state index contributed by atoms with van der Waals surface area (Å²) in [5.74, 6) is -1.67. The van der Waals surface area contributed by atoms with Gasteiger partial charge in [-0.25, -0.2) is 13.8 Å². The van der Waals surface area contributed by atoms with Gasteiger partial charge >= 0.3 is 0 Å². The van der Waals surface area contributed by atoms with Crippen molar-refractivity contribution in [1.82, 2.24) is 9.97 Å². The first-order chi connectivity index (χ1) is 15.0. The maximum absolute atomic E-state index is 14.1. The molecule has 6 nitrogen and oxygen atoms in total. The van der Waals surface area contributed by atoms with Crippen LogP contribution >= 0.6 is 11.3 Å². The Balaban J connectivity index is 1.56. The quantitative estimate of drug-likeness (QED) is 0.587. The summed E-state index contributed by atoms with van der Waals surface area (Å²) in [6.45, 7) is 1.32. The average Bonchev–Trinajstić information content (AvgIpc) is 3.23. The largest absolute Gasteiger partial charge is 0.380 e. The molecule has 0 aliphatic carbocycles. The van der Waals surface area contributed by atoms with E-state index in [1.54, 1.807) is 19.5 Å². The molecular formula is C22H22F2N4O2S. The Kier molecular flexibility index (Phi) is 6.35. The molecule has 1 aromatic carbocycles. The number of ketones is 1. The molecule has 2 N–H and O–H groups in total. The standard InChI is InChI=1S/C22H22F2N4O2S/c1-30-15-8-14(25)10-28(11-15)19-5-6-26-9-13(19)7-20(29)18-12-31-22(27-18)21-16(23)3-2-4-17(21)24/h2-6,9,12,14-15H,7-8,10-11,25H2,1H3/t14-,15+/m0/s1. The Labute approximate surface area is 182 Å². The van der Waals surface area contributed by atoms with E-state index in [1.165, 1.54) is 23.6 Å². The molecule has 1 fully saturated rings.